The van der Waals surface area contributed by atoms with E-state index in [2.05, 4.69) is 0 Å². The molecule has 3 rings (SSSR count). The van der Waals surface area contributed by atoms with E-state index in [1.54, 1.807) is 23.1 Å². The lowest BCUT2D eigenvalue weighted by Gasteiger charge is -2.34. The largest absolute Gasteiger partial charge is 0.487 e. The van der Waals surface area contributed by atoms with Crippen molar-refractivity contribution < 1.29 is 18.1 Å². The minimum Gasteiger partial charge on any atom is -0.487 e. The molecule has 1 saturated heterocycles. The van der Waals surface area contributed by atoms with Crippen molar-refractivity contribution >= 4 is 32.8 Å². The van der Waals surface area contributed by atoms with E-state index < -0.39 is 20.4 Å². The van der Waals surface area contributed by atoms with Crippen molar-refractivity contribution in [2.45, 2.75) is 23.8 Å². The van der Waals surface area contributed by atoms with Crippen LogP contribution >= 0.6 is 11.6 Å². The third-order valence-electron chi connectivity index (χ3n) is 4.41. The maximum atomic E-state index is 12.0. The second kappa shape index (κ2) is 7.74. The first-order chi connectivity index (χ1) is 12.8. The van der Waals surface area contributed by atoms with E-state index in [0.29, 0.717) is 23.9 Å². The molecule has 1 unspecified atom stereocenters. The van der Waals surface area contributed by atoms with Gasteiger partial charge in [-0.3, -0.25) is 10.1 Å². The normalized spacial score (nSPS) is 17.6. The summed E-state index contributed by atoms with van der Waals surface area (Å²) in [5.41, 5.74) is -0.103. The van der Waals surface area contributed by atoms with Gasteiger partial charge in [-0.2, -0.15) is 0 Å². The Labute approximate surface area is 162 Å². The molecule has 2 aromatic carbocycles. The third kappa shape index (κ3) is 4.33. The monoisotopic (exact) mass is 410 g/mol. The Morgan fingerprint density at radius 2 is 1.96 bits per heavy atom. The fourth-order valence-corrected chi connectivity index (χ4v) is 4.26. The van der Waals surface area contributed by atoms with E-state index in [0.717, 1.165) is 19.1 Å². The number of hydrogen-bond donors (Lipinski definition) is 0. The standard InChI is InChI=1S/C18H19ClN2O5S/c1-27(24,25)17-10-4-8-15(18(17)21(22)23)20-11-5-6-13(12-20)26-16-9-3-2-7-14(16)19/h2-4,7-10,13H,5-6,11-12H2,1H3. The van der Waals surface area contributed by atoms with Crippen molar-refractivity contribution in [1.29, 1.82) is 0 Å². The molecule has 0 spiro atoms. The number of nitro groups is 1. The fourth-order valence-electron chi connectivity index (χ4n) is 3.22. The summed E-state index contributed by atoms with van der Waals surface area (Å²) >= 11 is 6.14. The van der Waals surface area contributed by atoms with E-state index in [1.807, 2.05) is 12.1 Å². The van der Waals surface area contributed by atoms with Crippen LogP contribution in [0, 0.1) is 10.1 Å². The highest BCUT2D eigenvalue weighted by atomic mass is 35.5. The Balaban J connectivity index is 1.90. The van der Waals surface area contributed by atoms with Crippen LogP contribution in [0.3, 0.4) is 0 Å². The Morgan fingerprint density at radius 1 is 1.22 bits per heavy atom. The molecule has 144 valence electrons. The van der Waals surface area contributed by atoms with Crippen LogP contribution in [0.15, 0.2) is 47.4 Å². The topological polar surface area (TPSA) is 89.8 Å². The van der Waals surface area contributed by atoms with Gasteiger partial charge in [-0.25, -0.2) is 8.42 Å². The Bertz CT molecular complexity index is 964. The van der Waals surface area contributed by atoms with Crippen molar-refractivity contribution in [3.8, 4) is 5.75 Å². The highest BCUT2D eigenvalue weighted by molar-refractivity contribution is 7.90. The van der Waals surface area contributed by atoms with Crippen molar-refractivity contribution in [1.82, 2.24) is 0 Å². The minimum absolute atomic E-state index is 0.208. The number of para-hydroxylation sites is 2. The van der Waals surface area contributed by atoms with Gasteiger partial charge < -0.3 is 9.64 Å². The zero-order valence-corrected chi connectivity index (χ0v) is 16.2. The number of rotatable bonds is 5. The van der Waals surface area contributed by atoms with E-state index in [4.69, 9.17) is 16.3 Å². The number of benzene rings is 2. The second-order valence-corrected chi connectivity index (χ2v) is 8.80. The lowest BCUT2D eigenvalue weighted by Crippen LogP contribution is -2.41. The molecule has 1 atom stereocenters. The Hall–Kier alpha value is -2.32. The fraction of sp³-hybridized carbons (Fsp3) is 0.333. The van der Waals surface area contributed by atoms with Crippen LogP contribution in [0.5, 0.6) is 5.75 Å². The molecule has 9 heteroatoms. The van der Waals surface area contributed by atoms with Gasteiger partial charge >= 0.3 is 5.69 Å². The third-order valence-corrected chi connectivity index (χ3v) is 5.85. The van der Waals surface area contributed by atoms with Crippen molar-refractivity contribution in [2.75, 3.05) is 24.2 Å². The van der Waals surface area contributed by atoms with E-state index in [-0.39, 0.29) is 16.7 Å². The van der Waals surface area contributed by atoms with Crippen LogP contribution < -0.4 is 9.64 Å². The zero-order chi connectivity index (χ0) is 19.6. The Morgan fingerprint density at radius 3 is 2.63 bits per heavy atom. The summed E-state index contributed by atoms with van der Waals surface area (Å²) in [5, 5.41) is 12.1. The van der Waals surface area contributed by atoms with Crippen molar-refractivity contribution in [2.24, 2.45) is 0 Å². The highest BCUT2D eigenvalue weighted by Gasteiger charge is 2.31. The number of nitro benzene ring substituents is 1. The van der Waals surface area contributed by atoms with Gasteiger partial charge in [-0.1, -0.05) is 29.8 Å². The van der Waals surface area contributed by atoms with E-state index in [1.165, 1.54) is 12.1 Å². The maximum Gasteiger partial charge on any atom is 0.311 e. The summed E-state index contributed by atoms with van der Waals surface area (Å²) in [6.07, 6.45) is 2.30. The molecule has 1 aliphatic rings. The number of hydrogen-bond acceptors (Lipinski definition) is 6. The number of ether oxygens (including phenoxy) is 1. The number of nitrogens with zero attached hydrogens (tertiary/aromatic N) is 2. The summed E-state index contributed by atoms with van der Waals surface area (Å²) in [6.45, 7) is 0.982. The summed E-state index contributed by atoms with van der Waals surface area (Å²) in [5.74, 6) is 0.561. The molecule has 2 aromatic rings. The quantitative estimate of drug-likeness (QED) is 0.551. The number of anilines is 1. The molecule has 0 radical (unpaired) electrons. The van der Waals surface area contributed by atoms with Gasteiger partial charge in [0.1, 0.15) is 22.4 Å². The summed E-state index contributed by atoms with van der Waals surface area (Å²) in [7, 11) is -3.72. The first-order valence-electron chi connectivity index (χ1n) is 8.41. The molecule has 0 bridgehead atoms. The highest BCUT2D eigenvalue weighted by Crippen LogP contribution is 2.36. The average Bonchev–Trinajstić information content (AvgIpc) is 2.62. The maximum absolute atomic E-state index is 12.0. The second-order valence-electron chi connectivity index (χ2n) is 6.41. The molecule has 27 heavy (non-hydrogen) atoms. The predicted molar refractivity (Wildman–Crippen MR) is 104 cm³/mol. The van der Waals surface area contributed by atoms with Crippen LogP contribution in [0.25, 0.3) is 0 Å². The summed E-state index contributed by atoms with van der Waals surface area (Å²) in [6, 6.07) is 11.5. The molecule has 7 nitrogen and oxygen atoms in total. The van der Waals surface area contributed by atoms with Gasteiger partial charge in [0.15, 0.2) is 9.84 Å². The number of piperidine rings is 1. The van der Waals surface area contributed by atoms with Gasteiger partial charge in [0, 0.05) is 12.8 Å². The summed E-state index contributed by atoms with van der Waals surface area (Å²) in [4.78, 5) is 12.5. The van der Waals surface area contributed by atoms with Crippen LogP contribution in [0.4, 0.5) is 11.4 Å². The van der Waals surface area contributed by atoms with Gasteiger partial charge in [0.2, 0.25) is 0 Å². The molecule has 0 N–H and O–H groups in total. The molecule has 1 fully saturated rings. The molecule has 0 aliphatic carbocycles. The van der Waals surface area contributed by atoms with Crippen LogP contribution in [-0.4, -0.2) is 38.8 Å². The molecule has 1 aliphatic heterocycles. The molecule has 0 saturated carbocycles. The molecular weight excluding hydrogens is 392 g/mol. The van der Waals surface area contributed by atoms with Crippen molar-refractivity contribution in [3.05, 3.63) is 57.6 Å². The number of halogens is 1. The minimum atomic E-state index is -3.72. The van der Waals surface area contributed by atoms with Crippen LogP contribution in [0.2, 0.25) is 5.02 Å². The molecule has 1 heterocycles. The van der Waals surface area contributed by atoms with Gasteiger partial charge in [-0.05, 0) is 37.1 Å². The SMILES string of the molecule is CS(=O)(=O)c1cccc(N2CCCC(Oc3ccccc3Cl)C2)c1[N+](=O)[O-]. The first-order valence-corrected chi connectivity index (χ1v) is 10.7. The first kappa shape index (κ1) is 19.4. The lowest BCUT2D eigenvalue weighted by atomic mass is 10.1. The lowest BCUT2D eigenvalue weighted by molar-refractivity contribution is -0.387. The van der Waals surface area contributed by atoms with E-state index >= 15 is 0 Å². The van der Waals surface area contributed by atoms with Gasteiger partial charge in [0.05, 0.1) is 16.5 Å². The van der Waals surface area contributed by atoms with Gasteiger partial charge in [-0.15, -0.1) is 0 Å². The molecule has 0 aromatic heterocycles. The predicted octanol–water partition coefficient (Wildman–Crippen LogP) is 3.70. The molecular formula is C18H19ClN2O5S. The van der Waals surface area contributed by atoms with Crippen LogP contribution in [-0.2, 0) is 9.84 Å². The van der Waals surface area contributed by atoms with Crippen LogP contribution in [0.1, 0.15) is 12.8 Å². The van der Waals surface area contributed by atoms with E-state index in [9.17, 15) is 18.5 Å². The van der Waals surface area contributed by atoms with Crippen molar-refractivity contribution in [3.63, 3.8) is 0 Å². The average molecular weight is 411 g/mol. The Kier molecular flexibility index (Phi) is 5.57. The summed E-state index contributed by atoms with van der Waals surface area (Å²) < 4.78 is 29.9. The number of sulfone groups is 1. The smallest absolute Gasteiger partial charge is 0.311 e. The zero-order valence-electron chi connectivity index (χ0n) is 14.7. The van der Waals surface area contributed by atoms with Gasteiger partial charge in [0.25, 0.3) is 0 Å². The molecule has 0 amide bonds.